The molecule has 14 heavy (non-hydrogen) atoms. The van der Waals surface area contributed by atoms with Crippen LogP contribution in [0.4, 0.5) is 0 Å². The molecule has 1 saturated heterocycles. The lowest BCUT2D eigenvalue weighted by molar-refractivity contribution is -0.0232. The molecule has 0 radical (unpaired) electrons. The van der Waals surface area contributed by atoms with Gasteiger partial charge in [-0.15, -0.1) is 0 Å². The molecule has 1 heterocycles. The number of ether oxygens (including phenoxy) is 2. The number of hydrogen-bond acceptors (Lipinski definition) is 4. The molecule has 0 spiro atoms. The predicted molar refractivity (Wildman–Crippen MR) is 56.3 cm³/mol. The fraction of sp³-hybridized carbons (Fsp3) is 1.00. The third kappa shape index (κ3) is 3.92. The molecule has 4 nitrogen and oxygen atoms in total. The summed E-state index contributed by atoms with van der Waals surface area (Å²) in [5, 5.41) is 0. The number of morpholine rings is 1. The second-order valence-corrected chi connectivity index (χ2v) is 3.92. The zero-order valence-corrected chi connectivity index (χ0v) is 9.24. The van der Waals surface area contributed by atoms with E-state index in [0.717, 1.165) is 32.9 Å². The summed E-state index contributed by atoms with van der Waals surface area (Å²) in [4.78, 5) is 2.35. The fourth-order valence-corrected chi connectivity index (χ4v) is 1.61. The van der Waals surface area contributed by atoms with E-state index in [2.05, 4.69) is 18.7 Å². The quantitative estimate of drug-likeness (QED) is 0.685. The van der Waals surface area contributed by atoms with Crippen molar-refractivity contribution in [2.24, 2.45) is 5.73 Å². The van der Waals surface area contributed by atoms with Crippen molar-refractivity contribution in [2.45, 2.75) is 26.0 Å². The molecule has 84 valence electrons. The molecule has 0 aromatic rings. The molecule has 1 unspecified atom stereocenters. The Hall–Kier alpha value is -0.160. The summed E-state index contributed by atoms with van der Waals surface area (Å²) in [5.41, 5.74) is 5.66. The van der Waals surface area contributed by atoms with Gasteiger partial charge in [-0.05, 0) is 13.8 Å². The molecule has 0 aromatic heterocycles. The average molecular weight is 202 g/mol. The summed E-state index contributed by atoms with van der Waals surface area (Å²) >= 11 is 0. The topological polar surface area (TPSA) is 47.7 Å². The summed E-state index contributed by atoms with van der Waals surface area (Å²) in [6, 6.07) is 0.375. The summed E-state index contributed by atoms with van der Waals surface area (Å²) in [5.74, 6) is 0. The predicted octanol–water partition coefficient (Wildman–Crippen LogP) is 0.0709. The van der Waals surface area contributed by atoms with Crippen LogP contribution in [0.15, 0.2) is 0 Å². The van der Waals surface area contributed by atoms with Gasteiger partial charge in [-0.25, -0.2) is 0 Å². The standard InChI is InChI=1S/C10H22N2O2/c1-9(2)14-6-4-12-3-5-13-8-10(12)7-11/h9-10H,3-8,11H2,1-2H3. The Bertz CT molecular complexity index is 153. The maximum Gasteiger partial charge on any atom is 0.0634 e. The van der Waals surface area contributed by atoms with Crippen molar-refractivity contribution in [1.82, 2.24) is 4.90 Å². The second-order valence-electron chi connectivity index (χ2n) is 3.92. The normalized spacial score (nSPS) is 24.4. The number of hydrogen-bond donors (Lipinski definition) is 1. The molecule has 2 N–H and O–H groups in total. The minimum atomic E-state index is 0.312. The van der Waals surface area contributed by atoms with Crippen LogP contribution in [-0.2, 0) is 9.47 Å². The lowest BCUT2D eigenvalue weighted by Gasteiger charge is -2.34. The van der Waals surface area contributed by atoms with Gasteiger partial charge in [0.1, 0.15) is 0 Å². The molecule has 0 aromatic carbocycles. The van der Waals surface area contributed by atoms with Crippen LogP contribution >= 0.6 is 0 Å². The summed E-state index contributed by atoms with van der Waals surface area (Å²) in [7, 11) is 0. The van der Waals surface area contributed by atoms with Gasteiger partial charge in [-0.3, -0.25) is 4.90 Å². The minimum Gasteiger partial charge on any atom is -0.378 e. The first-order valence-electron chi connectivity index (χ1n) is 5.37. The van der Waals surface area contributed by atoms with E-state index in [-0.39, 0.29) is 0 Å². The van der Waals surface area contributed by atoms with E-state index in [4.69, 9.17) is 15.2 Å². The van der Waals surface area contributed by atoms with E-state index in [1.165, 1.54) is 0 Å². The maximum absolute atomic E-state index is 5.66. The molecule has 0 saturated carbocycles. The Kier molecular flexibility index (Phi) is 5.40. The van der Waals surface area contributed by atoms with Crippen molar-refractivity contribution in [1.29, 1.82) is 0 Å². The highest BCUT2D eigenvalue weighted by atomic mass is 16.5. The zero-order chi connectivity index (χ0) is 10.4. The van der Waals surface area contributed by atoms with E-state index in [9.17, 15) is 0 Å². The maximum atomic E-state index is 5.66. The summed E-state index contributed by atoms with van der Waals surface area (Å²) in [6.07, 6.45) is 0.312. The minimum absolute atomic E-state index is 0.312. The highest BCUT2D eigenvalue weighted by Gasteiger charge is 2.20. The van der Waals surface area contributed by atoms with Gasteiger partial charge < -0.3 is 15.2 Å². The van der Waals surface area contributed by atoms with Crippen molar-refractivity contribution in [3.8, 4) is 0 Å². The van der Waals surface area contributed by atoms with Crippen molar-refractivity contribution >= 4 is 0 Å². The second kappa shape index (κ2) is 6.35. The highest BCUT2D eigenvalue weighted by Crippen LogP contribution is 2.05. The highest BCUT2D eigenvalue weighted by molar-refractivity contribution is 4.75. The fourth-order valence-electron chi connectivity index (χ4n) is 1.61. The van der Waals surface area contributed by atoms with Crippen LogP contribution in [0.5, 0.6) is 0 Å². The number of nitrogens with two attached hydrogens (primary N) is 1. The number of nitrogens with zero attached hydrogens (tertiary/aromatic N) is 1. The summed E-state index contributed by atoms with van der Waals surface area (Å²) in [6.45, 7) is 9.08. The van der Waals surface area contributed by atoms with Crippen LogP contribution in [0.3, 0.4) is 0 Å². The van der Waals surface area contributed by atoms with E-state index >= 15 is 0 Å². The van der Waals surface area contributed by atoms with Gasteiger partial charge in [-0.2, -0.15) is 0 Å². The average Bonchev–Trinajstić information content (AvgIpc) is 2.18. The molecule has 0 aliphatic carbocycles. The first-order valence-corrected chi connectivity index (χ1v) is 5.37. The van der Waals surface area contributed by atoms with Gasteiger partial charge in [0.15, 0.2) is 0 Å². The van der Waals surface area contributed by atoms with Crippen LogP contribution < -0.4 is 5.73 Å². The van der Waals surface area contributed by atoms with Gasteiger partial charge in [-0.1, -0.05) is 0 Å². The van der Waals surface area contributed by atoms with E-state index in [1.807, 2.05) is 0 Å². The molecule has 1 atom stereocenters. The first kappa shape index (κ1) is 11.9. The lowest BCUT2D eigenvalue weighted by Crippen LogP contribution is -2.50. The Balaban J connectivity index is 2.19. The molecule has 1 rings (SSSR count). The van der Waals surface area contributed by atoms with Gasteiger partial charge in [0, 0.05) is 25.7 Å². The van der Waals surface area contributed by atoms with Crippen LogP contribution in [0, 0.1) is 0 Å². The molecular formula is C10H22N2O2. The molecular weight excluding hydrogens is 180 g/mol. The van der Waals surface area contributed by atoms with Crippen LogP contribution in [-0.4, -0.2) is 56.5 Å². The van der Waals surface area contributed by atoms with Crippen molar-refractivity contribution < 1.29 is 9.47 Å². The molecule has 1 aliphatic heterocycles. The smallest absolute Gasteiger partial charge is 0.0634 e. The van der Waals surface area contributed by atoms with E-state index in [0.29, 0.717) is 18.7 Å². The van der Waals surface area contributed by atoms with Gasteiger partial charge in [0.25, 0.3) is 0 Å². The molecule has 1 aliphatic rings. The van der Waals surface area contributed by atoms with Crippen molar-refractivity contribution in [3.63, 3.8) is 0 Å². The van der Waals surface area contributed by atoms with Crippen LogP contribution in [0.2, 0.25) is 0 Å². The van der Waals surface area contributed by atoms with E-state index in [1.54, 1.807) is 0 Å². The van der Waals surface area contributed by atoms with Crippen molar-refractivity contribution in [3.05, 3.63) is 0 Å². The monoisotopic (exact) mass is 202 g/mol. The van der Waals surface area contributed by atoms with Crippen LogP contribution in [0.1, 0.15) is 13.8 Å². The third-order valence-corrected chi connectivity index (χ3v) is 2.45. The Labute approximate surface area is 86.3 Å². The molecule has 0 bridgehead atoms. The van der Waals surface area contributed by atoms with Gasteiger partial charge >= 0.3 is 0 Å². The summed E-state index contributed by atoms with van der Waals surface area (Å²) < 4.78 is 10.9. The molecule has 0 amide bonds. The third-order valence-electron chi connectivity index (χ3n) is 2.45. The zero-order valence-electron chi connectivity index (χ0n) is 9.24. The SMILES string of the molecule is CC(C)OCCN1CCOCC1CN. The Morgan fingerprint density at radius 1 is 1.57 bits per heavy atom. The first-order chi connectivity index (χ1) is 6.74. The largest absolute Gasteiger partial charge is 0.378 e. The van der Waals surface area contributed by atoms with Crippen molar-refractivity contribution in [2.75, 3.05) is 39.5 Å². The lowest BCUT2D eigenvalue weighted by atomic mass is 10.2. The molecule has 1 fully saturated rings. The number of rotatable bonds is 5. The van der Waals surface area contributed by atoms with E-state index < -0.39 is 0 Å². The Morgan fingerprint density at radius 3 is 3.00 bits per heavy atom. The molecule has 4 heteroatoms. The van der Waals surface area contributed by atoms with Gasteiger partial charge in [0.2, 0.25) is 0 Å². The van der Waals surface area contributed by atoms with Gasteiger partial charge in [0.05, 0.1) is 25.9 Å². The van der Waals surface area contributed by atoms with Crippen LogP contribution in [0.25, 0.3) is 0 Å². The Morgan fingerprint density at radius 2 is 2.36 bits per heavy atom.